The third kappa shape index (κ3) is 9.42. The van der Waals surface area contributed by atoms with Gasteiger partial charge in [-0.05, 0) is 61.9 Å². The lowest BCUT2D eigenvalue weighted by Gasteiger charge is -2.37. The zero-order valence-corrected chi connectivity index (χ0v) is 25.5. The molecule has 0 atom stereocenters. The van der Waals surface area contributed by atoms with Gasteiger partial charge in [0.25, 0.3) is 5.91 Å². The summed E-state index contributed by atoms with van der Waals surface area (Å²) < 4.78 is 0. The molecule has 210 valence electrons. The molecule has 0 N–H and O–H groups in total. The van der Waals surface area contributed by atoms with Gasteiger partial charge in [-0.1, -0.05) is 119 Å². The summed E-state index contributed by atoms with van der Waals surface area (Å²) in [6, 6.07) is 27.5. The van der Waals surface area contributed by atoms with E-state index >= 15 is 0 Å². The van der Waals surface area contributed by atoms with Crippen molar-refractivity contribution in [2.45, 2.75) is 74.1 Å². The Morgan fingerprint density at radius 1 is 0.718 bits per heavy atom. The first kappa shape index (κ1) is 31.9. The van der Waals surface area contributed by atoms with E-state index in [9.17, 15) is 4.79 Å². The van der Waals surface area contributed by atoms with Crippen molar-refractivity contribution < 1.29 is 4.79 Å². The van der Waals surface area contributed by atoms with Gasteiger partial charge in [-0.15, -0.1) is 0 Å². The molecular weight excluding hydrogens is 476 g/mol. The minimum absolute atomic E-state index is 0.159. The minimum Gasteiger partial charge on any atom is -0.368 e. The average molecular weight is 527 g/mol. The first-order valence-corrected chi connectivity index (χ1v) is 14.9. The maximum atomic E-state index is 13.7. The molecule has 3 aromatic rings. The number of piperazine rings is 1. The second-order valence-corrected chi connectivity index (χ2v) is 10.1. The van der Waals surface area contributed by atoms with E-state index < -0.39 is 0 Å². The van der Waals surface area contributed by atoms with Gasteiger partial charge in [-0.25, -0.2) is 0 Å². The molecule has 1 fully saturated rings. The smallest absolute Gasteiger partial charge is 0.254 e. The van der Waals surface area contributed by atoms with Crippen molar-refractivity contribution in [2.24, 2.45) is 0 Å². The number of aryl methyl sites for hydroxylation is 3. The Labute approximate surface area is 238 Å². The zero-order valence-electron chi connectivity index (χ0n) is 25.5. The van der Waals surface area contributed by atoms with Crippen LogP contribution >= 0.6 is 0 Å². The van der Waals surface area contributed by atoms with Crippen LogP contribution in [0, 0.1) is 6.92 Å². The Morgan fingerprint density at radius 3 is 1.87 bits per heavy atom. The van der Waals surface area contributed by atoms with Crippen LogP contribution in [-0.2, 0) is 17.6 Å². The molecule has 1 aliphatic rings. The summed E-state index contributed by atoms with van der Waals surface area (Å²) in [7, 11) is 0. The molecule has 4 rings (SSSR count). The summed E-state index contributed by atoms with van der Waals surface area (Å²) >= 11 is 0. The van der Waals surface area contributed by atoms with Crippen LogP contribution in [0.15, 0.2) is 84.4 Å². The lowest BCUT2D eigenvalue weighted by atomic mass is 9.92. The van der Waals surface area contributed by atoms with Gasteiger partial charge in [0.2, 0.25) is 0 Å². The number of carbonyl (C=O) groups is 1. The van der Waals surface area contributed by atoms with Gasteiger partial charge in [-0.2, -0.15) is 0 Å². The normalized spacial score (nSPS) is 12.5. The van der Waals surface area contributed by atoms with Crippen molar-refractivity contribution in [1.29, 1.82) is 0 Å². The number of rotatable bonds is 7. The van der Waals surface area contributed by atoms with Crippen molar-refractivity contribution in [3.05, 3.63) is 107 Å². The van der Waals surface area contributed by atoms with Crippen LogP contribution in [0.4, 0.5) is 5.69 Å². The molecule has 0 unspecified atom stereocenters. The van der Waals surface area contributed by atoms with Crippen molar-refractivity contribution >= 4 is 17.2 Å². The molecule has 39 heavy (non-hydrogen) atoms. The highest BCUT2D eigenvalue weighted by molar-refractivity contribution is 6.20. The van der Waals surface area contributed by atoms with Crippen molar-refractivity contribution in [2.75, 3.05) is 31.1 Å². The lowest BCUT2D eigenvalue weighted by Crippen LogP contribution is -2.49. The Bertz CT molecular complexity index is 1150. The summed E-state index contributed by atoms with van der Waals surface area (Å²) in [6.45, 7) is 17.9. The van der Waals surface area contributed by atoms with E-state index in [4.69, 9.17) is 0 Å². The highest BCUT2D eigenvalue weighted by atomic mass is 16.2. The molecule has 3 nitrogen and oxygen atoms in total. The lowest BCUT2D eigenvalue weighted by molar-refractivity contribution is -0.125. The van der Waals surface area contributed by atoms with Crippen LogP contribution in [0.2, 0.25) is 0 Å². The van der Waals surface area contributed by atoms with Gasteiger partial charge in [0.1, 0.15) is 0 Å². The maximum absolute atomic E-state index is 13.7. The number of anilines is 1. The van der Waals surface area contributed by atoms with Gasteiger partial charge in [0.15, 0.2) is 0 Å². The van der Waals surface area contributed by atoms with E-state index in [0.717, 1.165) is 55.7 Å². The molecule has 1 aliphatic heterocycles. The molecule has 0 aromatic heterocycles. The van der Waals surface area contributed by atoms with Gasteiger partial charge in [0, 0.05) is 37.4 Å². The summed E-state index contributed by atoms with van der Waals surface area (Å²) in [5.74, 6) is 0.159. The Kier molecular flexibility index (Phi) is 14.1. The Balaban J connectivity index is 0.000000815. The number of carbonyl (C=O) groups excluding carboxylic acids is 1. The van der Waals surface area contributed by atoms with Crippen molar-refractivity contribution in [3.8, 4) is 0 Å². The molecule has 0 saturated carbocycles. The number of amides is 1. The minimum atomic E-state index is 0.159. The van der Waals surface area contributed by atoms with Crippen LogP contribution in [0.1, 0.15) is 76.6 Å². The predicted octanol–water partition coefficient (Wildman–Crippen LogP) is 8.76. The topological polar surface area (TPSA) is 23.6 Å². The largest absolute Gasteiger partial charge is 0.368 e. The van der Waals surface area contributed by atoms with E-state index in [-0.39, 0.29) is 5.91 Å². The predicted molar refractivity (Wildman–Crippen MR) is 170 cm³/mol. The summed E-state index contributed by atoms with van der Waals surface area (Å²) in [5.41, 5.74) is 8.15. The molecule has 1 heterocycles. The monoisotopic (exact) mass is 526 g/mol. The van der Waals surface area contributed by atoms with Crippen molar-refractivity contribution in [1.82, 2.24) is 4.90 Å². The van der Waals surface area contributed by atoms with Crippen LogP contribution < -0.4 is 4.90 Å². The standard InChI is InChI=1S/C30H34N2O.C4H10.C2H6/c1-23(2)29(27-15-9-8-14-26(27)18-17-25-12-5-4-6-13-25)30(33)32-21-19-31(20-22-32)28-16-10-7-11-24(28)3;1-3-4-2;1-2/h4-16H,17-22H2,1-3H3;3-4H2,1-2H3;1-2H3. The van der Waals surface area contributed by atoms with Gasteiger partial charge in [0.05, 0.1) is 0 Å². The molecular formula is C36H50N2O. The van der Waals surface area contributed by atoms with Crippen molar-refractivity contribution in [3.63, 3.8) is 0 Å². The first-order valence-electron chi connectivity index (χ1n) is 14.9. The summed E-state index contributed by atoms with van der Waals surface area (Å²) in [4.78, 5) is 18.2. The number of hydrogen-bond acceptors (Lipinski definition) is 2. The highest BCUT2D eigenvalue weighted by Crippen LogP contribution is 2.28. The first-order chi connectivity index (χ1) is 19.0. The van der Waals surface area contributed by atoms with Gasteiger partial charge < -0.3 is 9.80 Å². The number of unbranched alkanes of at least 4 members (excludes halogenated alkanes) is 1. The third-order valence-electron chi connectivity index (χ3n) is 7.05. The van der Waals surface area contributed by atoms with E-state index in [0.29, 0.717) is 0 Å². The number of hydrogen-bond donors (Lipinski definition) is 0. The van der Waals surface area contributed by atoms with E-state index in [2.05, 4.69) is 112 Å². The van der Waals surface area contributed by atoms with Crippen LogP contribution in [0.25, 0.3) is 5.57 Å². The van der Waals surface area contributed by atoms with Crippen LogP contribution in [-0.4, -0.2) is 37.0 Å². The molecule has 1 amide bonds. The zero-order chi connectivity index (χ0) is 28.6. The maximum Gasteiger partial charge on any atom is 0.254 e. The van der Waals surface area contributed by atoms with E-state index in [1.165, 1.54) is 35.2 Å². The molecule has 3 aromatic carbocycles. The highest BCUT2D eigenvalue weighted by Gasteiger charge is 2.26. The average Bonchev–Trinajstić information content (AvgIpc) is 2.98. The fraction of sp³-hybridized carbons (Fsp3) is 0.417. The van der Waals surface area contributed by atoms with Crippen LogP contribution in [0.3, 0.4) is 0 Å². The molecule has 0 bridgehead atoms. The third-order valence-corrected chi connectivity index (χ3v) is 7.05. The van der Waals surface area contributed by atoms with Gasteiger partial charge in [-0.3, -0.25) is 4.79 Å². The molecule has 3 heteroatoms. The molecule has 1 saturated heterocycles. The molecule has 0 radical (unpaired) electrons. The second kappa shape index (κ2) is 17.3. The van der Waals surface area contributed by atoms with E-state index in [1.807, 2.05) is 24.8 Å². The number of nitrogens with zero attached hydrogens (tertiary/aromatic N) is 2. The van der Waals surface area contributed by atoms with Gasteiger partial charge >= 0.3 is 0 Å². The second-order valence-electron chi connectivity index (χ2n) is 10.1. The summed E-state index contributed by atoms with van der Waals surface area (Å²) in [5, 5.41) is 0. The molecule has 0 aliphatic carbocycles. The quantitative estimate of drug-likeness (QED) is 0.287. The Hall–Kier alpha value is -3.33. The number of para-hydroxylation sites is 1. The molecule has 0 spiro atoms. The van der Waals surface area contributed by atoms with E-state index in [1.54, 1.807) is 0 Å². The fourth-order valence-corrected chi connectivity index (χ4v) is 4.73. The fourth-order valence-electron chi connectivity index (χ4n) is 4.73. The SMILES string of the molecule is CC.CC(C)=C(C(=O)N1CCN(c2ccccc2C)CC1)c1ccccc1CCc1ccccc1.CCCC. The number of benzene rings is 3. The van der Waals surface area contributed by atoms with Crippen LogP contribution in [0.5, 0.6) is 0 Å². The number of allylic oxidation sites excluding steroid dienone is 1. The summed E-state index contributed by atoms with van der Waals surface area (Å²) in [6.07, 6.45) is 4.53. The Morgan fingerprint density at radius 2 is 1.28 bits per heavy atom.